The third kappa shape index (κ3) is 3.69. The van der Waals surface area contributed by atoms with Gasteiger partial charge >= 0.3 is 12.9 Å². The Labute approximate surface area is 121 Å². The van der Waals surface area contributed by atoms with Gasteiger partial charge in [0.25, 0.3) is 0 Å². The maximum absolute atomic E-state index is 13.1. The molecule has 0 bridgehead atoms. The van der Waals surface area contributed by atoms with E-state index >= 15 is 0 Å². The summed E-state index contributed by atoms with van der Waals surface area (Å²) in [6.45, 7) is -0.836. The molecule has 0 radical (unpaired) electrons. The number of carbonyl (C=O) groups is 1. The van der Waals surface area contributed by atoms with Crippen LogP contribution in [0.4, 0.5) is 18.6 Å². The van der Waals surface area contributed by atoms with Crippen molar-refractivity contribution in [3.8, 4) is 0 Å². The van der Waals surface area contributed by atoms with Crippen molar-refractivity contribution in [2.75, 3.05) is 31.1 Å². The van der Waals surface area contributed by atoms with E-state index in [0.29, 0.717) is 37.4 Å². The number of nitrogens with one attached hydrogen (secondary N) is 1. The van der Waals surface area contributed by atoms with Gasteiger partial charge in [0.15, 0.2) is 0 Å². The number of piperazine rings is 1. The number of nitrogens with zero attached hydrogens (tertiary/aromatic N) is 1. The highest BCUT2D eigenvalue weighted by Crippen LogP contribution is 2.25. The van der Waals surface area contributed by atoms with Crippen molar-refractivity contribution >= 4 is 24.1 Å². The highest BCUT2D eigenvalue weighted by atomic mass is 19.4. The number of hydrogen-bond donors (Lipinski definition) is 2. The van der Waals surface area contributed by atoms with Crippen LogP contribution in [-0.2, 0) is 11.2 Å². The SMILES string of the molecule is Cc1c(CC(=O)O)cc([B-](F)(F)F)cc1N1CCNCC1. The molecule has 0 spiro atoms. The third-order valence-corrected chi connectivity index (χ3v) is 3.69. The lowest BCUT2D eigenvalue weighted by Gasteiger charge is -2.33. The zero-order valence-electron chi connectivity index (χ0n) is 11.7. The van der Waals surface area contributed by atoms with E-state index in [1.807, 2.05) is 4.90 Å². The molecule has 2 N–H and O–H groups in total. The summed E-state index contributed by atoms with van der Waals surface area (Å²) in [6, 6.07) is 2.11. The van der Waals surface area contributed by atoms with Gasteiger partial charge in [-0.15, -0.1) is 5.46 Å². The average Bonchev–Trinajstić information content (AvgIpc) is 2.40. The molecule has 1 aromatic rings. The van der Waals surface area contributed by atoms with E-state index in [1.54, 1.807) is 6.92 Å². The Hall–Kier alpha value is -1.70. The van der Waals surface area contributed by atoms with Crippen LogP contribution in [0.15, 0.2) is 12.1 Å². The summed E-state index contributed by atoms with van der Waals surface area (Å²) in [6.07, 6.45) is -0.398. The maximum atomic E-state index is 13.1. The summed E-state index contributed by atoms with van der Waals surface area (Å²) >= 11 is 0. The molecule has 21 heavy (non-hydrogen) atoms. The molecule has 4 nitrogen and oxygen atoms in total. The van der Waals surface area contributed by atoms with Crippen LogP contribution < -0.4 is 15.7 Å². The molecule has 1 fully saturated rings. The van der Waals surface area contributed by atoms with Crippen LogP contribution in [0.3, 0.4) is 0 Å². The van der Waals surface area contributed by atoms with E-state index in [-0.39, 0.29) is 5.56 Å². The Kier molecular flexibility index (Phi) is 4.46. The van der Waals surface area contributed by atoms with Crippen LogP contribution in [0.5, 0.6) is 0 Å². The van der Waals surface area contributed by atoms with Crippen molar-refractivity contribution in [3.05, 3.63) is 23.3 Å². The first kappa shape index (κ1) is 15.7. The van der Waals surface area contributed by atoms with Crippen LogP contribution in [0.25, 0.3) is 0 Å². The van der Waals surface area contributed by atoms with Gasteiger partial charge in [0.05, 0.1) is 6.42 Å². The van der Waals surface area contributed by atoms with Gasteiger partial charge in [0.2, 0.25) is 0 Å². The highest BCUT2D eigenvalue weighted by molar-refractivity contribution is 6.73. The quantitative estimate of drug-likeness (QED) is 0.817. The van der Waals surface area contributed by atoms with Gasteiger partial charge in [0, 0.05) is 31.9 Å². The zero-order chi connectivity index (χ0) is 15.6. The fourth-order valence-corrected chi connectivity index (χ4v) is 2.55. The Balaban J connectivity index is 2.48. The Morgan fingerprint density at radius 3 is 2.48 bits per heavy atom. The Morgan fingerprint density at radius 2 is 1.95 bits per heavy atom. The molecule has 1 aliphatic rings. The number of hydrogen-bond acceptors (Lipinski definition) is 3. The minimum atomic E-state index is -5.15. The molecule has 0 aliphatic carbocycles. The van der Waals surface area contributed by atoms with E-state index < -0.39 is 24.8 Å². The normalized spacial score (nSPS) is 16.1. The van der Waals surface area contributed by atoms with E-state index in [9.17, 15) is 17.7 Å². The van der Waals surface area contributed by atoms with Crippen molar-refractivity contribution in [1.29, 1.82) is 0 Å². The van der Waals surface area contributed by atoms with Gasteiger partial charge in [-0.25, -0.2) is 0 Å². The smallest absolute Gasteiger partial charge is 0.481 e. The maximum Gasteiger partial charge on any atom is 0.509 e. The molecule has 1 aliphatic heterocycles. The fourth-order valence-electron chi connectivity index (χ4n) is 2.55. The predicted molar refractivity (Wildman–Crippen MR) is 76.3 cm³/mol. The first-order chi connectivity index (χ1) is 9.79. The number of benzene rings is 1. The molecule has 1 aromatic carbocycles. The summed E-state index contributed by atoms with van der Waals surface area (Å²) in [7, 11) is 0. The van der Waals surface area contributed by atoms with E-state index in [1.165, 1.54) is 0 Å². The third-order valence-electron chi connectivity index (χ3n) is 3.69. The second-order valence-corrected chi connectivity index (χ2v) is 5.21. The standard InChI is InChI=1S/C13H17BF3N2O2/c1-9-10(7-13(20)21)6-11(14(15,16)17)8-12(9)19-4-2-18-3-5-19/h6,8,18H,2-5,7H2,1H3,(H,20,21)/q-1. The summed E-state index contributed by atoms with van der Waals surface area (Å²) in [5, 5.41) is 12.0. The Bertz CT molecular complexity index is 543. The van der Waals surface area contributed by atoms with Gasteiger partial charge in [-0.05, 0) is 18.1 Å². The van der Waals surface area contributed by atoms with Crippen LogP contribution in [0.2, 0.25) is 0 Å². The van der Waals surface area contributed by atoms with Gasteiger partial charge < -0.3 is 28.3 Å². The molecule has 0 atom stereocenters. The summed E-state index contributed by atoms with van der Waals surface area (Å²) in [5.41, 5.74) is 0.602. The number of carboxylic acids is 1. The second-order valence-electron chi connectivity index (χ2n) is 5.21. The molecule has 1 heterocycles. The molecule has 0 amide bonds. The van der Waals surface area contributed by atoms with Crippen LogP contribution in [0, 0.1) is 6.92 Å². The highest BCUT2D eigenvalue weighted by Gasteiger charge is 2.28. The van der Waals surface area contributed by atoms with Crippen molar-refractivity contribution in [2.24, 2.45) is 0 Å². The van der Waals surface area contributed by atoms with Crippen LogP contribution in [-0.4, -0.2) is 44.2 Å². The lowest BCUT2D eigenvalue weighted by atomic mass is 9.77. The molecule has 0 aromatic heterocycles. The number of carboxylic acid groups (broad SMARTS) is 1. The minimum absolute atomic E-state index is 0.229. The lowest BCUT2D eigenvalue weighted by molar-refractivity contribution is -0.136. The topological polar surface area (TPSA) is 52.6 Å². The van der Waals surface area contributed by atoms with Crippen molar-refractivity contribution < 1.29 is 22.8 Å². The van der Waals surface area contributed by atoms with Crippen molar-refractivity contribution in [3.63, 3.8) is 0 Å². The molecular weight excluding hydrogens is 284 g/mol. The molecule has 0 saturated carbocycles. The lowest BCUT2D eigenvalue weighted by Crippen LogP contribution is -2.45. The van der Waals surface area contributed by atoms with Crippen molar-refractivity contribution in [1.82, 2.24) is 5.32 Å². The minimum Gasteiger partial charge on any atom is -0.481 e. The number of rotatable bonds is 4. The second kappa shape index (κ2) is 5.97. The number of anilines is 1. The molecule has 116 valence electrons. The molecular formula is C13H17BF3N2O2-. The first-order valence-electron chi connectivity index (χ1n) is 6.80. The molecule has 0 unspecified atom stereocenters. The van der Waals surface area contributed by atoms with Crippen LogP contribution >= 0.6 is 0 Å². The van der Waals surface area contributed by atoms with E-state index in [0.717, 1.165) is 12.1 Å². The monoisotopic (exact) mass is 301 g/mol. The summed E-state index contributed by atoms with van der Waals surface area (Å²) in [5.74, 6) is -1.13. The largest absolute Gasteiger partial charge is 0.509 e. The molecule has 8 heteroatoms. The first-order valence-corrected chi connectivity index (χ1v) is 6.80. The fraction of sp³-hybridized carbons (Fsp3) is 0.462. The van der Waals surface area contributed by atoms with Gasteiger partial charge in [0.1, 0.15) is 0 Å². The molecule has 2 rings (SSSR count). The van der Waals surface area contributed by atoms with Crippen molar-refractivity contribution in [2.45, 2.75) is 13.3 Å². The van der Waals surface area contributed by atoms with Gasteiger partial charge in [-0.1, -0.05) is 12.1 Å². The van der Waals surface area contributed by atoms with E-state index in [4.69, 9.17) is 5.11 Å². The predicted octanol–water partition coefficient (Wildman–Crippen LogP) is 1.09. The number of aliphatic carboxylic acids is 1. The van der Waals surface area contributed by atoms with Gasteiger partial charge in [-0.2, -0.15) is 0 Å². The number of halogens is 3. The Morgan fingerprint density at radius 1 is 1.33 bits per heavy atom. The zero-order valence-corrected chi connectivity index (χ0v) is 11.7. The summed E-state index contributed by atoms with van der Waals surface area (Å²) in [4.78, 5) is 12.7. The van der Waals surface area contributed by atoms with E-state index in [2.05, 4.69) is 5.32 Å². The van der Waals surface area contributed by atoms with Crippen LogP contribution in [0.1, 0.15) is 11.1 Å². The van der Waals surface area contributed by atoms with Gasteiger partial charge in [-0.3, -0.25) is 4.79 Å². The summed E-state index contributed by atoms with van der Waals surface area (Å²) < 4.78 is 39.2. The average molecular weight is 301 g/mol. The molecule has 1 saturated heterocycles.